The van der Waals surface area contributed by atoms with Gasteiger partial charge in [0.1, 0.15) is 0 Å². The molecule has 0 heteroatoms. The molecule has 0 N–H and O–H groups in total. The average Bonchev–Trinajstić information content (AvgIpc) is 2.29. The number of hydrogen-bond donors (Lipinski definition) is 0. The summed E-state index contributed by atoms with van der Waals surface area (Å²) in [4.78, 5) is 0. The van der Waals surface area contributed by atoms with Crippen LogP contribution in [0.5, 0.6) is 0 Å². The Morgan fingerprint density at radius 3 is 1.44 bits per heavy atom. The molecule has 0 nitrogen and oxygen atoms in total. The quantitative estimate of drug-likeness (QED) is 0.471. The van der Waals surface area contributed by atoms with Gasteiger partial charge in [0, 0.05) is 0 Å². The average molecular weight is 206 g/mol. The summed E-state index contributed by atoms with van der Waals surface area (Å²) in [6, 6.07) is 17.4. The van der Waals surface area contributed by atoms with Gasteiger partial charge in [-0.2, -0.15) is 0 Å². The van der Waals surface area contributed by atoms with E-state index in [4.69, 9.17) is 0 Å². The molecule has 0 aliphatic heterocycles. The van der Waals surface area contributed by atoms with Crippen LogP contribution in [0.2, 0.25) is 0 Å². The number of aryl methyl sites for hydroxylation is 2. The Labute approximate surface area is 95.5 Å². The van der Waals surface area contributed by atoms with Gasteiger partial charge in [-0.1, -0.05) is 48.5 Å². The molecule has 0 saturated carbocycles. The highest BCUT2D eigenvalue weighted by atomic mass is 14.1. The van der Waals surface area contributed by atoms with Gasteiger partial charge >= 0.3 is 0 Å². The smallest absolute Gasteiger partial charge is 0.00735 e. The Kier molecular flexibility index (Phi) is 1.97. The molecule has 0 spiro atoms. The van der Waals surface area contributed by atoms with E-state index in [9.17, 15) is 0 Å². The van der Waals surface area contributed by atoms with Crippen LogP contribution < -0.4 is 0 Å². The molecule has 0 aliphatic carbocycles. The first-order chi connectivity index (χ1) is 7.77. The molecule has 78 valence electrons. The van der Waals surface area contributed by atoms with E-state index in [2.05, 4.69) is 62.4 Å². The summed E-state index contributed by atoms with van der Waals surface area (Å²) in [6.45, 7) is 4.38. The topological polar surface area (TPSA) is 0 Å². The molecule has 0 unspecified atom stereocenters. The molecular weight excluding hydrogens is 192 g/mol. The Bertz CT molecular complexity index is 617. The molecule has 0 heterocycles. The molecule has 0 amide bonds. The van der Waals surface area contributed by atoms with Gasteiger partial charge in [-0.25, -0.2) is 0 Å². The summed E-state index contributed by atoms with van der Waals surface area (Å²) in [5.41, 5.74) is 2.72. The first-order valence-corrected chi connectivity index (χ1v) is 5.65. The lowest BCUT2D eigenvalue weighted by atomic mass is 9.95. The van der Waals surface area contributed by atoms with E-state index in [0.29, 0.717) is 0 Å². The maximum absolute atomic E-state index is 2.21. The van der Waals surface area contributed by atoms with Crippen LogP contribution in [-0.2, 0) is 0 Å². The van der Waals surface area contributed by atoms with Crippen molar-refractivity contribution in [3.63, 3.8) is 0 Å². The molecule has 0 bridgehead atoms. The highest BCUT2D eigenvalue weighted by Gasteiger charge is 2.04. The van der Waals surface area contributed by atoms with Crippen LogP contribution in [0.25, 0.3) is 21.5 Å². The van der Waals surface area contributed by atoms with Gasteiger partial charge in [-0.05, 0) is 46.5 Å². The fourth-order valence-corrected chi connectivity index (χ4v) is 2.52. The summed E-state index contributed by atoms with van der Waals surface area (Å²) in [5.74, 6) is 0. The van der Waals surface area contributed by atoms with Crippen LogP contribution in [0.15, 0.2) is 48.5 Å². The third-order valence-electron chi connectivity index (χ3n) is 3.30. The van der Waals surface area contributed by atoms with E-state index in [-0.39, 0.29) is 0 Å². The zero-order valence-electron chi connectivity index (χ0n) is 9.62. The molecule has 3 aromatic carbocycles. The van der Waals surface area contributed by atoms with E-state index >= 15 is 0 Å². The number of fused-ring (bicyclic) bond motifs is 3. The maximum atomic E-state index is 2.21. The summed E-state index contributed by atoms with van der Waals surface area (Å²) >= 11 is 0. The molecule has 3 rings (SSSR count). The number of hydrogen-bond acceptors (Lipinski definition) is 0. The molecule has 0 radical (unpaired) electrons. The second-order valence-corrected chi connectivity index (χ2v) is 4.41. The fourth-order valence-electron chi connectivity index (χ4n) is 2.52. The van der Waals surface area contributed by atoms with Crippen LogP contribution in [-0.4, -0.2) is 0 Å². The Hall–Kier alpha value is -1.82. The fraction of sp³-hybridized carbons (Fsp3) is 0.125. The van der Waals surface area contributed by atoms with Crippen molar-refractivity contribution >= 4 is 21.5 Å². The van der Waals surface area contributed by atoms with Crippen molar-refractivity contribution in [1.82, 2.24) is 0 Å². The minimum absolute atomic E-state index is 1.34. The van der Waals surface area contributed by atoms with E-state index in [1.807, 2.05) is 0 Å². The van der Waals surface area contributed by atoms with E-state index < -0.39 is 0 Å². The second-order valence-electron chi connectivity index (χ2n) is 4.41. The molecule has 0 atom stereocenters. The van der Waals surface area contributed by atoms with E-state index in [1.54, 1.807) is 0 Å². The van der Waals surface area contributed by atoms with Crippen LogP contribution >= 0.6 is 0 Å². The summed E-state index contributed by atoms with van der Waals surface area (Å²) < 4.78 is 0. The minimum Gasteiger partial charge on any atom is -0.0614 e. The van der Waals surface area contributed by atoms with Gasteiger partial charge in [0.25, 0.3) is 0 Å². The minimum atomic E-state index is 1.34. The summed E-state index contributed by atoms with van der Waals surface area (Å²) in [7, 11) is 0. The molecule has 3 aromatic rings. The monoisotopic (exact) mass is 206 g/mol. The van der Waals surface area contributed by atoms with Crippen molar-refractivity contribution in [1.29, 1.82) is 0 Å². The first kappa shape index (κ1) is 9.41. The predicted octanol–water partition coefficient (Wildman–Crippen LogP) is 4.61. The van der Waals surface area contributed by atoms with Crippen LogP contribution in [0.3, 0.4) is 0 Å². The van der Waals surface area contributed by atoms with Gasteiger partial charge in [0.05, 0.1) is 0 Å². The Balaban J connectivity index is 2.67. The second kappa shape index (κ2) is 3.34. The van der Waals surface area contributed by atoms with Crippen LogP contribution in [0.1, 0.15) is 11.1 Å². The van der Waals surface area contributed by atoms with Crippen molar-refractivity contribution in [2.24, 2.45) is 0 Å². The van der Waals surface area contributed by atoms with E-state index in [1.165, 1.54) is 32.7 Å². The lowest BCUT2D eigenvalue weighted by molar-refractivity contribution is 1.51. The van der Waals surface area contributed by atoms with Crippen LogP contribution in [0.4, 0.5) is 0 Å². The zero-order chi connectivity index (χ0) is 11.1. The highest BCUT2D eigenvalue weighted by Crippen LogP contribution is 2.30. The van der Waals surface area contributed by atoms with Gasteiger partial charge < -0.3 is 0 Å². The zero-order valence-corrected chi connectivity index (χ0v) is 9.62. The lowest BCUT2D eigenvalue weighted by Gasteiger charge is -2.09. The number of benzene rings is 3. The van der Waals surface area contributed by atoms with Crippen molar-refractivity contribution < 1.29 is 0 Å². The van der Waals surface area contributed by atoms with Gasteiger partial charge in [-0.3, -0.25) is 0 Å². The molecule has 0 aromatic heterocycles. The van der Waals surface area contributed by atoms with Crippen molar-refractivity contribution in [2.45, 2.75) is 13.8 Å². The Morgan fingerprint density at radius 2 is 1.00 bits per heavy atom. The molecule has 0 saturated heterocycles. The molecule has 16 heavy (non-hydrogen) atoms. The predicted molar refractivity (Wildman–Crippen MR) is 70.9 cm³/mol. The SMILES string of the molecule is Cc1cccc2ccc3cccc(C)c3c12. The summed E-state index contributed by atoms with van der Waals surface area (Å²) in [5, 5.41) is 5.47. The normalized spacial score (nSPS) is 11.1. The van der Waals surface area contributed by atoms with Crippen molar-refractivity contribution in [3.8, 4) is 0 Å². The van der Waals surface area contributed by atoms with Crippen molar-refractivity contribution in [2.75, 3.05) is 0 Å². The lowest BCUT2D eigenvalue weighted by Crippen LogP contribution is -1.84. The first-order valence-electron chi connectivity index (χ1n) is 5.65. The molecular formula is C16H14. The maximum Gasteiger partial charge on any atom is -0.00735 e. The van der Waals surface area contributed by atoms with Crippen molar-refractivity contribution in [3.05, 3.63) is 59.7 Å². The number of rotatable bonds is 0. The molecule has 0 aliphatic rings. The van der Waals surface area contributed by atoms with E-state index in [0.717, 1.165) is 0 Å². The van der Waals surface area contributed by atoms with Gasteiger partial charge in [0.2, 0.25) is 0 Å². The third kappa shape index (κ3) is 1.23. The standard InChI is InChI=1S/C16H14/c1-11-5-3-7-13-9-10-14-8-4-6-12(2)16(14)15(11)13/h3-10H,1-2H3. The highest BCUT2D eigenvalue weighted by molar-refractivity contribution is 6.10. The van der Waals surface area contributed by atoms with Crippen LogP contribution in [0, 0.1) is 13.8 Å². The largest absolute Gasteiger partial charge is 0.0614 e. The third-order valence-corrected chi connectivity index (χ3v) is 3.30. The Morgan fingerprint density at radius 1 is 0.562 bits per heavy atom. The summed E-state index contributed by atoms with van der Waals surface area (Å²) in [6.07, 6.45) is 0. The molecule has 0 fully saturated rings. The van der Waals surface area contributed by atoms with Gasteiger partial charge in [0.15, 0.2) is 0 Å². The van der Waals surface area contributed by atoms with Gasteiger partial charge in [-0.15, -0.1) is 0 Å².